The minimum Gasteiger partial charge on any atom is -0.463 e. The molecule has 0 saturated carbocycles. The number of furan rings is 1. The van der Waals surface area contributed by atoms with Crippen molar-refractivity contribution < 1.29 is 4.42 Å². The molecule has 0 saturated heterocycles. The highest BCUT2D eigenvalue weighted by Crippen LogP contribution is 2.10. The van der Waals surface area contributed by atoms with E-state index in [4.69, 9.17) is 16.3 Å². The summed E-state index contributed by atoms with van der Waals surface area (Å²) in [5, 5.41) is 8.42. The van der Waals surface area contributed by atoms with Crippen molar-refractivity contribution in [2.45, 2.75) is 6.92 Å². The molecule has 58 valence electrons. The monoisotopic (exact) mass is 158 g/mol. The highest BCUT2D eigenvalue weighted by molar-refractivity contribution is 5.55. The Bertz CT molecular complexity index is 371. The van der Waals surface area contributed by atoms with Crippen molar-refractivity contribution in [2.75, 3.05) is 0 Å². The van der Waals surface area contributed by atoms with Crippen LogP contribution in [0.4, 0.5) is 0 Å². The van der Waals surface area contributed by atoms with Crippen LogP contribution in [0.15, 0.2) is 22.2 Å². The summed E-state index contributed by atoms with van der Waals surface area (Å²) in [7, 11) is 0. The molecule has 0 spiro atoms. The first-order valence-electron chi connectivity index (χ1n) is 3.32. The van der Waals surface area contributed by atoms with E-state index in [0.29, 0.717) is 5.76 Å². The van der Waals surface area contributed by atoms with Gasteiger partial charge >= 0.3 is 0 Å². The molecule has 1 rings (SSSR count). The molecule has 0 bridgehead atoms. The fraction of sp³-hybridized carbons (Fsp3) is 0.111. The lowest BCUT2D eigenvalue weighted by Gasteiger charge is -1.83. The predicted octanol–water partition coefficient (Wildman–Crippen LogP) is 2.37. The number of hydrogen-bond acceptors (Lipinski definition) is 2. The van der Waals surface area contributed by atoms with Crippen molar-refractivity contribution in [3.05, 3.63) is 40.8 Å². The molecule has 1 aromatic heterocycles. The average molecular weight is 158 g/mol. The first-order chi connectivity index (χ1) is 5.76. The molecule has 0 aliphatic carbocycles. The maximum absolute atomic E-state index is 8.42. The fourth-order valence-corrected chi connectivity index (χ4v) is 0.755. The van der Waals surface area contributed by atoms with E-state index in [1.165, 1.54) is 6.08 Å². The van der Waals surface area contributed by atoms with Gasteiger partial charge in [-0.05, 0) is 25.1 Å². The lowest BCUT2D eigenvalue weighted by atomic mass is 10.3. The molecule has 3 nitrogen and oxygen atoms in total. The van der Waals surface area contributed by atoms with Gasteiger partial charge in [-0.15, -0.1) is 0 Å². The minimum absolute atomic E-state index is 0.0318. The third kappa shape index (κ3) is 1.74. The fourth-order valence-electron chi connectivity index (χ4n) is 0.755. The quantitative estimate of drug-likeness (QED) is 0.465. The third-order valence-electron chi connectivity index (χ3n) is 1.28. The zero-order valence-electron chi connectivity index (χ0n) is 6.53. The Hall–Kier alpha value is -2.00. The number of allylic oxidation sites excluding steroid dienone is 1. The molecule has 1 heterocycles. The van der Waals surface area contributed by atoms with Gasteiger partial charge in [-0.2, -0.15) is 0 Å². The summed E-state index contributed by atoms with van der Waals surface area (Å²) in [5.74, 6) is 1.31. The van der Waals surface area contributed by atoms with Gasteiger partial charge in [0.15, 0.2) is 0 Å². The first kappa shape index (κ1) is 8.10. The Balaban J connectivity index is 2.97. The zero-order valence-corrected chi connectivity index (χ0v) is 6.53. The molecule has 0 aromatic carbocycles. The second-order valence-electron chi connectivity index (χ2n) is 2.20. The van der Waals surface area contributed by atoms with Gasteiger partial charge in [-0.3, -0.25) is 0 Å². The predicted molar refractivity (Wildman–Crippen MR) is 43.6 cm³/mol. The van der Waals surface area contributed by atoms with Crippen LogP contribution < -0.4 is 0 Å². The standard InChI is InChI=1S/C9H6N2O/c1-7-3-4-9(12-7)5-8(6-10)11-2/h3-5H,1H3/b8-5-. The number of nitriles is 1. The van der Waals surface area contributed by atoms with E-state index in [1.807, 2.05) is 0 Å². The van der Waals surface area contributed by atoms with E-state index in [2.05, 4.69) is 4.85 Å². The minimum atomic E-state index is 0.0318. The molecule has 1 aromatic rings. The van der Waals surface area contributed by atoms with Crippen LogP contribution in [0.1, 0.15) is 11.5 Å². The van der Waals surface area contributed by atoms with Crippen molar-refractivity contribution in [1.82, 2.24) is 0 Å². The van der Waals surface area contributed by atoms with Gasteiger partial charge in [0.05, 0.1) is 12.6 Å². The summed E-state index contributed by atoms with van der Waals surface area (Å²) >= 11 is 0. The molecular formula is C9H6N2O. The summed E-state index contributed by atoms with van der Waals surface area (Å²) in [4.78, 5) is 3.00. The Kier molecular flexibility index (Phi) is 2.30. The Labute approximate surface area is 70.4 Å². The third-order valence-corrected chi connectivity index (χ3v) is 1.28. The smallest absolute Gasteiger partial charge is 0.265 e. The van der Waals surface area contributed by atoms with Gasteiger partial charge in [-0.25, -0.2) is 10.1 Å². The Morgan fingerprint density at radius 1 is 1.75 bits per heavy atom. The van der Waals surface area contributed by atoms with Crippen LogP contribution in [0, 0.1) is 24.8 Å². The lowest BCUT2D eigenvalue weighted by Crippen LogP contribution is -1.67. The summed E-state index contributed by atoms with van der Waals surface area (Å²) in [5.41, 5.74) is 0.0318. The van der Waals surface area contributed by atoms with Crippen molar-refractivity contribution in [2.24, 2.45) is 0 Å². The number of aryl methyl sites for hydroxylation is 1. The van der Waals surface area contributed by atoms with Crippen LogP contribution in [0.5, 0.6) is 0 Å². The maximum atomic E-state index is 8.42. The second kappa shape index (κ2) is 3.41. The molecular weight excluding hydrogens is 152 g/mol. The van der Waals surface area contributed by atoms with E-state index in [0.717, 1.165) is 5.76 Å². The van der Waals surface area contributed by atoms with Crippen LogP contribution in [-0.2, 0) is 0 Å². The van der Waals surface area contributed by atoms with Gasteiger partial charge in [-0.1, -0.05) is 0 Å². The molecule has 0 atom stereocenters. The molecule has 0 radical (unpaired) electrons. The number of nitrogens with zero attached hydrogens (tertiary/aromatic N) is 2. The van der Waals surface area contributed by atoms with Crippen LogP contribution in [0.2, 0.25) is 0 Å². The first-order valence-corrected chi connectivity index (χ1v) is 3.32. The van der Waals surface area contributed by atoms with Crippen molar-refractivity contribution in [1.29, 1.82) is 5.26 Å². The van der Waals surface area contributed by atoms with Crippen LogP contribution in [0.3, 0.4) is 0 Å². The van der Waals surface area contributed by atoms with E-state index < -0.39 is 0 Å². The van der Waals surface area contributed by atoms with Crippen molar-refractivity contribution in [3.8, 4) is 6.07 Å². The second-order valence-corrected chi connectivity index (χ2v) is 2.20. The average Bonchev–Trinajstić information content (AvgIpc) is 2.47. The highest BCUT2D eigenvalue weighted by Gasteiger charge is 1.97. The molecule has 0 unspecified atom stereocenters. The van der Waals surface area contributed by atoms with Crippen LogP contribution in [0.25, 0.3) is 10.9 Å². The molecule has 0 aliphatic rings. The van der Waals surface area contributed by atoms with Crippen LogP contribution >= 0.6 is 0 Å². The summed E-state index contributed by atoms with van der Waals surface area (Å²) in [6.45, 7) is 8.42. The van der Waals surface area contributed by atoms with E-state index in [1.54, 1.807) is 25.1 Å². The van der Waals surface area contributed by atoms with Crippen LogP contribution in [-0.4, -0.2) is 0 Å². The van der Waals surface area contributed by atoms with Gasteiger partial charge in [0.25, 0.3) is 5.70 Å². The SMILES string of the molecule is [C-]#[N+]/C(C#N)=C\c1ccc(C)o1. The van der Waals surface area contributed by atoms with Gasteiger partial charge in [0.2, 0.25) is 0 Å². The summed E-state index contributed by atoms with van der Waals surface area (Å²) in [6, 6.07) is 5.26. The number of rotatable bonds is 1. The summed E-state index contributed by atoms with van der Waals surface area (Å²) in [6.07, 6.45) is 1.42. The van der Waals surface area contributed by atoms with Gasteiger partial charge in [0.1, 0.15) is 11.5 Å². The largest absolute Gasteiger partial charge is 0.463 e. The van der Waals surface area contributed by atoms with E-state index in [-0.39, 0.29) is 5.70 Å². The van der Waals surface area contributed by atoms with E-state index >= 15 is 0 Å². The van der Waals surface area contributed by atoms with E-state index in [9.17, 15) is 0 Å². The zero-order chi connectivity index (χ0) is 8.97. The highest BCUT2D eigenvalue weighted by atomic mass is 16.3. The van der Waals surface area contributed by atoms with Crippen molar-refractivity contribution >= 4 is 6.08 Å². The molecule has 12 heavy (non-hydrogen) atoms. The molecule has 0 fully saturated rings. The van der Waals surface area contributed by atoms with Gasteiger partial charge < -0.3 is 4.42 Å². The molecule has 0 N–H and O–H groups in total. The molecule has 3 heteroatoms. The lowest BCUT2D eigenvalue weighted by molar-refractivity contribution is 0.525. The Morgan fingerprint density at radius 2 is 2.50 bits per heavy atom. The molecule has 0 amide bonds. The van der Waals surface area contributed by atoms with Crippen molar-refractivity contribution in [3.63, 3.8) is 0 Å². The molecule has 0 aliphatic heterocycles. The number of hydrogen-bond donors (Lipinski definition) is 0. The topological polar surface area (TPSA) is 41.3 Å². The maximum Gasteiger partial charge on any atom is 0.265 e. The normalized spacial score (nSPS) is 10.4. The Morgan fingerprint density at radius 3 is 2.92 bits per heavy atom. The van der Waals surface area contributed by atoms with Gasteiger partial charge in [0, 0.05) is 0 Å². The summed E-state index contributed by atoms with van der Waals surface area (Å²) < 4.78 is 5.15.